The smallest absolute Gasteiger partial charge is 0.307 e. The molecule has 1 heterocycles. The Kier molecular flexibility index (Phi) is 3.87. The van der Waals surface area contributed by atoms with Crippen molar-refractivity contribution >= 4 is 28.6 Å². The molecular weight excluding hydrogens is 246 g/mol. The summed E-state index contributed by atoms with van der Waals surface area (Å²) in [5.74, 6) is -0.578. The largest absolute Gasteiger partial charge is 0.481 e. The first-order valence-corrected chi connectivity index (χ1v) is 6.78. The van der Waals surface area contributed by atoms with Gasteiger partial charge in [0.15, 0.2) is 0 Å². The van der Waals surface area contributed by atoms with Crippen LogP contribution in [0.4, 0.5) is 0 Å². The topological polar surface area (TPSA) is 50.2 Å². The number of aryl methyl sites for hydroxylation is 1. The average Bonchev–Trinajstić information content (AvgIpc) is 2.35. The van der Waals surface area contributed by atoms with Crippen LogP contribution in [0.1, 0.15) is 12.5 Å². The summed E-state index contributed by atoms with van der Waals surface area (Å²) in [5.41, 5.74) is 2.05. The fourth-order valence-corrected chi connectivity index (χ4v) is 2.63. The summed E-state index contributed by atoms with van der Waals surface area (Å²) < 4.78 is 0. The van der Waals surface area contributed by atoms with Crippen LogP contribution >= 0.6 is 11.8 Å². The minimum atomic E-state index is -0.763. The normalized spacial score (nSPS) is 12.6. The zero-order valence-corrected chi connectivity index (χ0v) is 11.2. The zero-order valence-electron chi connectivity index (χ0n) is 10.4. The Bertz CT molecular complexity index is 583. The molecule has 2 aromatic rings. The second-order valence-corrected chi connectivity index (χ2v) is 5.36. The van der Waals surface area contributed by atoms with Crippen LogP contribution in [0.5, 0.6) is 0 Å². The minimum absolute atomic E-state index is 0.359. The highest BCUT2D eigenvalue weighted by molar-refractivity contribution is 7.99. The first kappa shape index (κ1) is 12.9. The number of carbonyl (C=O) groups is 1. The molecular formula is C14H15NO2S. The molecule has 0 aliphatic rings. The molecule has 18 heavy (non-hydrogen) atoms. The number of fused-ring (bicyclic) bond motifs is 1. The van der Waals surface area contributed by atoms with Crippen molar-refractivity contribution < 1.29 is 9.90 Å². The minimum Gasteiger partial charge on any atom is -0.481 e. The zero-order chi connectivity index (χ0) is 13.1. The van der Waals surface area contributed by atoms with Gasteiger partial charge < -0.3 is 5.11 Å². The number of pyridine rings is 1. The maximum atomic E-state index is 10.8. The summed E-state index contributed by atoms with van der Waals surface area (Å²) >= 11 is 1.51. The van der Waals surface area contributed by atoms with Crippen LogP contribution in [0.15, 0.2) is 35.4 Å². The van der Waals surface area contributed by atoms with Gasteiger partial charge in [0.2, 0.25) is 0 Å². The fourth-order valence-electron chi connectivity index (χ4n) is 1.63. The van der Waals surface area contributed by atoms with Crippen LogP contribution in [0.2, 0.25) is 0 Å². The van der Waals surface area contributed by atoms with Gasteiger partial charge in [0.1, 0.15) is 0 Å². The molecule has 0 amide bonds. The number of carboxylic acids is 1. The molecule has 2 rings (SSSR count). The van der Waals surface area contributed by atoms with E-state index in [4.69, 9.17) is 5.11 Å². The van der Waals surface area contributed by atoms with Gasteiger partial charge in [-0.2, -0.15) is 0 Å². The van der Waals surface area contributed by atoms with Gasteiger partial charge in [-0.3, -0.25) is 4.79 Å². The quantitative estimate of drug-likeness (QED) is 0.857. The van der Waals surface area contributed by atoms with E-state index in [1.165, 1.54) is 11.8 Å². The third kappa shape index (κ3) is 2.82. The van der Waals surface area contributed by atoms with Crippen molar-refractivity contribution in [2.45, 2.75) is 18.9 Å². The number of hydrogen-bond donors (Lipinski definition) is 1. The Hall–Kier alpha value is -1.55. The van der Waals surface area contributed by atoms with E-state index in [1.807, 2.05) is 31.2 Å². The molecule has 0 spiro atoms. The van der Waals surface area contributed by atoms with Crippen molar-refractivity contribution in [1.29, 1.82) is 0 Å². The second kappa shape index (κ2) is 5.40. The van der Waals surface area contributed by atoms with E-state index in [9.17, 15) is 4.79 Å². The summed E-state index contributed by atoms with van der Waals surface area (Å²) in [7, 11) is 0. The van der Waals surface area contributed by atoms with Crippen molar-refractivity contribution in [1.82, 2.24) is 4.98 Å². The second-order valence-electron chi connectivity index (χ2n) is 4.35. The third-order valence-electron chi connectivity index (χ3n) is 2.76. The van der Waals surface area contributed by atoms with Crippen molar-refractivity contribution in [3.63, 3.8) is 0 Å². The van der Waals surface area contributed by atoms with Gasteiger partial charge in [-0.25, -0.2) is 4.98 Å². The number of benzene rings is 1. The molecule has 1 atom stereocenters. The number of hydrogen-bond acceptors (Lipinski definition) is 3. The Labute approximate surface area is 110 Å². The number of aromatic nitrogens is 1. The molecule has 1 aromatic heterocycles. The number of rotatable bonds is 4. The number of para-hydroxylation sites is 1. The molecule has 0 aliphatic heterocycles. The molecule has 0 aliphatic carbocycles. The molecule has 3 nitrogen and oxygen atoms in total. The van der Waals surface area contributed by atoms with Gasteiger partial charge in [0, 0.05) is 11.1 Å². The lowest BCUT2D eigenvalue weighted by Gasteiger charge is -2.08. The molecule has 1 unspecified atom stereocenters. The number of nitrogens with zero attached hydrogens (tertiary/aromatic N) is 1. The van der Waals surface area contributed by atoms with Gasteiger partial charge in [-0.05, 0) is 24.6 Å². The molecule has 1 aromatic carbocycles. The maximum Gasteiger partial charge on any atom is 0.307 e. The van der Waals surface area contributed by atoms with Gasteiger partial charge in [-0.15, -0.1) is 11.8 Å². The first-order chi connectivity index (χ1) is 8.58. The van der Waals surface area contributed by atoms with E-state index in [0.29, 0.717) is 5.75 Å². The van der Waals surface area contributed by atoms with Crippen molar-refractivity contribution in [3.05, 3.63) is 35.9 Å². The third-order valence-corrected chi connectivity index (χ3v) is 4.11. The highest BCUT2D eigenvalue weighted by Crippen LogP contribution is 2.25. The molecule has 1 N–H and O–H groups in total. The molecule has 4 heteroatoms. The molecule has 0 saturated carbocycles. The molecule has 0 fully saturated rings. The molecule has 94 valence electrons. The highest BCUT2D eigenvalue weighted by atomic mass is 32.2. The Morgan fingerprint density at radius 3 is 2.89 bits per heavy atom. The highest BCUT2D eigenvalue weighted by Gasteiger charge is 2.12. The lowest BCUT2D eigenvalue weighted by atomic mass is 10.2. The van der Waals surface area contributed by atoms with E-state index in [2.05, 4.69) is 11.1 Å². The maximum absolute atomic E-state index is 10.8. The summed E-state index contributed by atoms with van der Waals surface area (Å²) in [5, 5.41) is 10.9. The SMILES string of the molecule is Cc1cc2ccccc2nc1SCC(C)C(=O)O. The van der Waals surface area contributed by atoms with Gasteiger partial charge in [-0.1, -0.05) is 25.1 Å². The predicted molar refractivity (Wildman–Crippen MR) is 74.0 cm³/mol. The Morgan fingerprint density at radius 2 is 2.17 bits per heavy atom. The van der Waals surface area contributed by atoms with Crippen LogP contribution in [-0.2, 0) is 4.79 Å². The summed E-state index contributed by atoms with van der Waals surface area (Å²) in [6, 6.07) is 10.0. The monoisotopic (exact) mass is 261 g/mol. The predicted octanol–water partition coefficient (Wildman–Crippen LogP) is 3.36. The van der Waals surface area contributed by atoms with Crippen LogP contribution < -0.4 is 0 Å². The van der Waals surface area contributed by atoms with Crippen LogP contribution in [0.25, 0.3) is 10.9 Å². The number of aliphatic carboxylic acids is 1. The van der Waals surface area contributed by atoms with Crippen molar-refractivity contribution in [3.8, 4) is 0 Å². The van der Waals surface area contributed by atoms with E-state index in [1.54, 1.807) is 6.92 Å². The lowest BCUT2D eigenvalue weighted by Crippen LogP contribution is -2.11. The fraction of sp³-hybridized carbons (Fsp3) is 0.286. The molecule has 0 bridgehead atoms. The Morgan fingerprint density at radius 1 is 1.44 bits per heavy atom. The van der Waals surface area contributed by atoms with E-state index < -0.39 is 5.97 Å². The van der Waals surface area contributed by atoms with Crippen LogP contribution in [0.3, 0.4) is 0 Å². The van der Waals surface area contributed by atoms with Gasteiger partial charge in [0.25, 0.3) is 0 Å². The van der Waals surface area contributed by atoms with Gasteiger partial charge >= 0.3 is 5.97 Å². The molecule has 0 saturated heterocycles. The average molecular weight is 261 g/mol. The van der Waals surface area contributed by atoms with Crippen molar-refractivity contribution in [2.75, 3.05) is 5.75 Å². The van der Waals surface area contributed by atoms with E-state index in [-0.39, 0.29) is 5.92 Å². The first-order valence-electron chi connectivity index (χ1n) is 5.80. The Balaban J connectivity index is 2.23. The van der Waals surface area contributed by atoms with E-state index in [0.717, 1.165) is 21.5 Å². The molecule has 0 radical (unpaired) electrons. The number of carboxylic acid groups (broad SMARTS) is 1. The van der Waals surface area contributed by atoms with Crippen molar-refractivity contribution in [2.24, 2.45) is 5.92 Å². The van der Waals surface area contributed by atoms with Crippen LogP contribution in [0, 0.1) is 12.8 Å². The lowest BCUT2D eigenvalue weighted by molar-refractivity contribution is -0.140. The van der Waals surface area contributed by atoms with E-state index >= 15 is 0 Å². The van der Waals surface area contributed by atoms with Crippen LogP contribution in [-0.4, -0.2) is 21.8 Å². The summed E-state index contributed by atoms with van der Waals surface area (Å²) in [6.07, 6.45) is 0. The summed E-state index contributed by atoms with van der Waals surface area (Å²) in [4.78, 5) is 15.4. The summed E-state index contributed by atoms with van der Waals surface area (Å²) in [6.45, 7) is 3.72. The number of thioether (sulfide) groups is 1. The standard InChI is InChI=1S/C14H15NO2S/c1-9-7-11-5-3-4-6-12(11)15-13(9)18-8-10(2)14(16)17/h3-7,10H,8H2,1-2H3,(H,16,17). The van der Waals surface area contributed by atoms with Gasteiger partial charge in [0.05, 0.1) is 16.5 Å².